The van der Waals surface area contributed by atoms with Crippen LogP contribution in [0.3, 0.4) is 0 Å². The minimum Gasteiger partial charge on any atom is -0.357 e. The summed E-state index contributed by atoms with van der Waals surface area (Å²) in [5.41, 5.74) is 1.90. The van der Waals surface area contributed by atoms with Crippen LogP contribution in [0.5, 0.6) is 0 Å². The van der Waals surface area contributed by atoms with E-state index in [1.165, 1.54) is 38.9 Å². The molecule has 6 nitrogen and oxygen atoms in total. The Morgan fingerprint density at radius 3 is 2.62 bits per heavy atom. The summed E-state index contributed by atoms with van der Waals surface area (Å²) in [7, 11) is 3.56. The van der Waals surface area contributed by atoms with Crippen LogP contribution in [0.15, 0.2) is 29.3 Å². The van der Waals surface area contributed by atoms with Gasteiger partial charge in [-0.25, -0.2) is 0 Å². The normalized spacial score (nSPS) is 15.9. The van der Waals surface area contributed by atoms with Crippen LogP contribution >= 0.6 is 0 Å². The fourth-order valence-electron chi connectivity index (χ4n) is 3.71. The third kappa shape index (κ3) is 8.05. The lowest BCUT2D eigenvalue weighted by molar-refractivity contribution is 0.0827. The quantitative estimate of drug-likeness (QED) is 0.493. The van der Waals surface area contributed by atoms with Crippen LogP contribution in [0, 0.1) is 5.92 Å². The molecule has 1 saturated heterocycles. The van der Waals surface area contributed by atoms with Crippen LogP contribution in [0.4, 0.5) is 0 Å². The molecule has 2 N–H and O–H groups in total. The Morgan fingerprint density at radius 1 is 1.21 bits per heavy atom. The largest absolute Gasteiger partial charge is 0.357 e. The third-order valence-corrected chi connectivity index (χ3v) is 5.39. The molecule has 0 aliphatic carbocycles. The zero-order valence-corrected chi connectivity index (χ0v) is 18.7. The first-order valence-corrected chi connectivity index (χ1v) is 11.1. The molecule has 1 aromatic rings. The Bertz CT molecular complexity index is 650. The molecule has 0 saturated carbocycles. The first kappa shape index (κ1) is 23.2. The molecule has 0 spiro atoms. The molecule has 1 aromatic carbocycles. The van der Waals surface area contributed by atoms with E-state index in [0.29, 0.717) is 5.92 Å². The van der Waals surface area contributed by atoms with Gasteiger partial charge in [0.25, 0.3) is 5.91 Å². The molecule has 1 aliphatic rings. The number of carbonyl (C=O) groups is 1. The van der Waals surface area contributed by atoms with Gasteiger partial charge in [-0.1, -0.05) is 19.1 Å². The smallest absolute Gasteiger partial charge is 0.253 e. The molecular weight excluding hydrogens is 362 g/mol. The lowest BCUT2D eigenvalue weighted by atomic mass is 9.97. The third-order valence-electron chi connectivity index (χ3n) is 5.39. The van der Waals surface area contributed by atoms with Crippen molar-refractivity contribution in [3.8, 4) is 0 Å². The number of benzene rings is 1. The standard InChI is InChI=1S/C23H39N5O/c1-5-14-28-15-11-20(12-16-28)18-26-23(24-6-2)25-13-10-19-8-7-9-21(17-19)22(29)27(3)4/h7-9,17,20H,5-6,10-16,18H2,1-4H3,(H2,24,25,26). The van der Waals surface area contributed by atoms with Crippen LogP contribution in [-0.2, 0) is 6.42 Å². The summed E-state index contributed by atoms with van der Waals surface area (Å²) in [5, 5.41) is 6.79. The fourth-order valence-corrected chi connectivity index (χ4v) is 3.71. The van der Waals surface area contributed by atoms with Crippen molar-refractivity contribution in [2.45, 2.75) is 39.5 Å². The molecule has 162 valence electrons. The van der Waals surface area contributed by atoms with Crippen LogP contribution in [0.25, 0.3) is 0 Å². The summed E-state index contributed by atoms with van der Waals surface area (Å²) >= 11 is 0. The van der Waals surface area contributed by atoms with Gasteiger partial charge in [0, 0.05) is 39.3 Å². The van der Waals surface area contributed by atoms with E-state index in [4.69, 9.17) is 4.99 Å². The van der Waals surface area contributed by atoms with Gasteiger partial charge < -0.3 is 20.4 Å². The van der Waals surface area contributed by atoms with Crippen molar-refractivity contribution in [3.05, 3.63) is 35.4 Å². The van der Waals surface area contributed by atoms with Crippen molar-refractivity contribution in [2.75, 3.05) is 53.4 Å². The highest BCUT2D eigenvalue weighted by atomic mass is 16.2. The molecule has 0 aromatic heterocycles. The second-order valence-corrected chi connectivity index (χ2v) is 8.08. The molecule has 0 atom stereocenters. The van der Waals surface area contributed by atoms with E-state index in [1.807, 2.05) is 18.2 Å². The highest BCUT2D eigenvalue weighted by Gasteiger charge is 2.18. The summed E-state index contributed by atoms with van der Waals surface area (Å²) in [6.45, 7) is 10.5. The molecule has 1 fully saturated rings. The number of nitrogens with one attached hydrogen (secondary N) is 2. The molecule has 0 radical (unpaired) electrons. The Balaban J connectivity index is 1.81. The average Bonchev–Trinajstić information content (AvgIpc) is 2.73. The van der Waals surface area contributed by atoms with E-state index in [9.17, 15) is 4.79 Å². The SMILES string of the molecule is CCCN1CCC(CN=C(NCC)NCCc2cccc(C(=O)N(C)C)c2)CC1. The summed E-state index contributed by atoms with van der Waals surface area (Å²) in [6, 6.07) is 7.88. The Morgan fingerprint density at radius 2 is 1.97 bits per heavy atom. The minimum absolute atomic E-state index is 0.0414. The van der Waals surface area contributed by atoms with Gasteiger partial charge in [0.15, 0.2) is 5.96 Å². The van der Waals surface area contributed by atoms with Gasteiger partial charge in [-0.05, 0) is 75.9 Å². The second kappa shape index (κ2) is 12.5. The monoisotopic (exact) mass is 401 g/mol. The number of amides is 1. The van der Waals surface area contributed by atoms with Crippen LogP contribution in [0.1, 0.15) is 49.0 Å². The highest BCUT2D eigenvalue weighted by Crippen LogP contribution is 2.17. The lowest BCUT2D eigenvalue weighted by Gasteiger charge is -2.31. The van der Waals surface area contributed by atoms with E-state index in [0.717, 1.165) is 43.1 Å². The van der Waals surface area contributed by atoms with E-state index in [2.05, 4.69) is 35.4 Å². The Hall–Kier alpha value is -2.08. The van der Waals surface area contributed by atoms with E-state index in [-0.39, 0.29) is 5.91 Å². The number of guanidine groups is 1. The number of likely N-dealkylation sites (tertiary alicyclic amines) is 1. The van der Waals surface area contributed by atoms with Gasteiger partial charge >= 0.3 is 0 Å². The molecule has 6 heteroatoms. The van der Waals surface area contributed by atoms with Crippen molar-refractivity contribution in [3.63, 3.8) is 0 Å². The number of hydrogen-bond donors (Lipinski definition) is 2. The molecule has 29 heavy (non-hydrogen) atoms. The molecule has 2 rings (SSSR count). The zero-order valence-electron chi connectivity index (χ0n) is 18.7. The predicted octanol–water partition coefficient (Wildman–Crippen LogP) is 2.61. The van der Waals surface area contributed by atoms with Crippen molar-refractivity contribution in [1.82, 2.24) is 20.4 Å². The van der Waals surface area contributed by atoms with Crippen molar-refractivity contribution < 1.29 is 4.79 Å². The molecule has 0 bridgehead atoms. The lowest BCUT2D eigenvalue weighted by Crippen LogP contribution is -2.39. The predicted molar refractivity (Wildman–Crippen MR) is 122 cm³/mol. The molecular formula is C23H39N5O. The Kier molecular flexibility index (Phi) is 9.98. The summed E-state index contributed by atoms with van der Waals surface area (Å²) in [5.74, 6) is 1.62. The van der Waals surface area contributed by atoms with Gasteiger partial charge in [0.05, 0.1) is 0 Å². The van der Waals surface area contributed by atoms with Gasteiger partial charge in [-0.3, -0.25) is 9.79 Å². The van der Waals surface area contributed by atoms with Crippen molar-refractivity contribution >= 4 is 11.9 Å². The van der Waals surface area contributed by atoms with E-state index in [1.54, 1.807) is 19.0 Å². The average molecular weight is 402 g/mol. The maximum atomic E-state index is 12.1. The molecule has 1 aliphatic heterocycles. The van der Waals surface area contributed by atoms with Gasteiger partial charge in [-0.2, -0.15) is 0 Å². The number of hydrogen-bond acceptors (Lipinski definition) is 3. The second-order valence-electron chi connectivity index (χ2n) is 8.08. The first-order valence-electron chi connectivity index (χ1n) is 11.1. The summed E-state index contributed by atoms with van der Waals surface area (Å²) in [4.78, 5) is 21.1. The summed E-state index contributed by atoms with van der Waals surface area (Å²) in [6.07, 6.45) is 4.59. The van der Waals surface area contributed by atoms with E-state index < -0.39 is 0 Å². The van der Waals surface area contributed by atoms with Crippen molar-refractivity contribution in [1.29, 1.82) is 0 Å². The number of rotatable bonds is 9. The van der Waals surface area contributed by atoms with Crippen LogP contribution in [0.2, 0.25) is 0 Å². The number of carbonyl (C=O) groups excluding carboxylic acids is 1. The van der Waals surface area contributed by atoms with Crippen LogP contribution in [-0.4, -0.2) is 75.0 Å². The fraction of sp³-hybridized carbons (Fsp3) is 0.652. The number of nitrogens with zero attached hydrogens (tertiary/aromatic N) is 3. The van der Waals surface area contributed by atoms with Crippen LogP contribution < -0.4 is 10.6 Å². The maximum absolute atomic E-state index is 12.1. The molecule has 0 unspecified atom stereocenters. The van der Waals surface area contributed by atoms with Crippen molar-refractivity contribution in [2.24, 2.45) is 10.9 Å². The minimum atomic E-state index is 0.0414. The van der Waals surface area contributed by atoms with Gasteiger partial charge in [-0.15, -0.1) is 0 Å². The van der Waals surface area contributed by atoms with Gasteiger partial charge in [0.2, 0.25) is 0 Å². The summed E-state index contributed by atoms with van der Waals surface area (Å²) < 4.78 is 0. The Labute approximate surface area is 176 Å². The zero-order chi connectivity index (χ0) is 21.1. The number of aliphatic imine (C=N–C) groups is 1. The molecule has 1 heterocycles. The van der Waals surface area contributed by atoms with E-state index >= 15 is 0 Å². The highest BCUT2D eigenvalue weighted by molar-refractivity contribution is 5.94. The molecule has 1 amide bonds. The van der Waals surface area contributed by atoms with Gasteiger partial charge in [0.1, 0.15) is 0 Å². The topological polar surface area (TPSA) is 60.0 Å². The first-order chi connectivity index (χ1) is 14.0. The number of piperidine rings is 1. The maximum Gasteiger partial charge on any atom is 0.253 e.